The topological polar surface area (TPSA) is 56.1 Å². The molecule has 0 bridgehead atoms. The molecule has 1 amide bonds. The van der Waals surface area contributed by atoms with Gasteiger partial charge in [-0.05, 0) is 60.3 Å². The van der Waals surface area contributed by atoms with Crippen LogP contribution >= 0.6 is 11.3 Å². The molecule has 0 spiro atoms. The number of carbonyl (C=O) groups excluding carboxylic acids is 1. The van der Waals surface area contributed by atoms with Crippen molar-refractivity contribution in [3.8, 4) is 11.1 Å². The number of aromatic nitrogens is 2. The average Bonchev–Trinajstić information content (AvgIpc) is 3.18. The van der Waals surface area contributed by atoms with Gasteiger partial charge in [0.25, 0.3) is 0 Å². The van der Waals surface area contributed by atoms with Crippen LogP contribution in [0, 0.1) is 12.8 Å². The van der Waals surface area contributed by atoms with Crippen molar-refractivity contribution in [1.29, 1.82) is 0 Å². The molecule has 0 aliphatic heterocycles. The molecular weight excluding hydrogens is 465 g/mol. The predicted octanol–water partition coefficient (Wildman–Crippen LogP) is 6.84. The minimum absolute atomic E-state index is 0.277. The number of thiazole rings is 1. The number of ether oxygens (including phenoxy) is 1. The maximum Gasteiger partial charge on any atom is 0.232 e. The van der Waals surface area contributed by atoms with E-state index in [1.165, 1.54) is 27.8 Å². The van der Waals surface area contributed by atoms with Gasteiger partial charge in [0.15, 0.2) is 5.13 Å². The van der Waals surface area contributed by atoms with Crippen molar-refractivity contribution in [2.75, 3.05) is 11.9 Å². The normalized spacial score (nSPS) is 18.0. The van der Waals surface area contributed by atoms with Gasteiger partial charge in [0, 0.05) is 26.3 Å². The van der Waals surface area contributed by atoms with Crippen LogP contribution in [0.4, 0.5) is 9.52 Å². The first-order valence-corrected chi connectivity index (χ1v) is 16.2. The van der Waals surface area contributed by atoms with Gasteiger partial charge in [-0.1, -0.05) is 43.1 Å². The molecule has 1 fully saturated rings. The number of alkyl halides is 1. The highest BCUT2D eigenvalue weighted by atomic mass is 32.1. The lowest BCUT2D eigenvalue weighted by Gasteiger charge is -2.16. The van der Waals surface area contributed by atoms with Crippen molar-refractivity contribution in [3.63, 3.8) is 0 Å². The van der Waals surface area contributed by atoms with Crippen molar-refractivity contribution < 1.29 is 13.9 Å². The molecule has 2 aromatic carbocycles. The summed E-state index contributed by atoms with van der Waals surface area (Å²) in [5.74, 6) is -0.799. The van der Waals surface area contributed by atoms with Crippen LogP contribution in [0.3, 0.4) is 0 Å². The molecule has 178 valence electrons. The second-order valence-corrected chi connectivity index (χ2v) is 17.0. The van der Waals surface area contributed by atoms with Gasteiger partial charge in [0.2, 0.25) is 5.91 Å². The second kappa shape index (κ2) is 8.91. The summed E-state index contributed by atoms with van der Waals surface area (Å²) in [5, 5.41) is 4.48. The number of rotatable bonds is 8. The van der Waals surface area contributed by atoms with Gasteiger partial charge in [-0.25, -0.2) is 9.37 Å². The van der Waals surface area contributed by atoms with Crippen LogP contribution in [-0.4, -0.2) is 36.3 Å². The number of nitrogens with one attached hydrogen (secondary N) is 1. The molecule has 2 heterocycles. The largest absolute Gasteiger partial charge is 0.361 e. The van der Waals surface area contributed by atoms with Gasteiger partial charge in [-0.2, -0.15) is 0 Å². The average molecular weight is 496 g/mol. The van der Waals surface area contributed by atoms with Crippen LogP contribution in [0.25, 0.3) is 32.2 Å². The Labute approximate surface area is 204 Å². The number of halogens is 1. The zero-order chi connectivity index (χ0) is 24.0. The Morgan fingerprint density at radius 2 is 2.06 bits per heavy atom. The molecular formula is C26H30FN3O2SSi. The molecule has 0 saturated heterocycles. The molecule has 8 heteroatoms. The van der Waals surface area contributed by atoms with E-state index in [4.69, 9.17) is 4.74 Å². The fourth-order valence-electron chi connectivity index (χ4n) is 4.19. The molecule has 4 aromatic rings. The Morgan fingerprint density at radius 1 is 1.26 bits per heavy atom. The SMILES string of the molecule is Cc1ccc2c(ccn2COCC[Si](C)(C)C)c1-c1ccc2sc(NC(=O)[C@@H]3C[C@@H]3F)nc2c1. The molecule has 2 aromatic heterocycles. The summed E-state index contributed by atoms with van der Waals surface area (Å²) < 4.78 is 22.3. The van der Waals surface area contributed by atoms with Gasteiger partial charge in [0.1, 0.15) is 12.9 Å². The third kappa shape index (κ3) is 4.80. The fraction of sp³-hybridized carbons (Fsp3) is 0.385. The Bertz CT molecular complexity index is 1370. The second-order valence-electron chi connectivity index (χ2n) is 10.4. The highest BCUT2D eigenvalue weighted by Gasteiger charge is 2.43. The summed E-state index contributed by atoms with van der Waals surface area (Å²) in [5.41, 5.74) is 5.43. The maximum atomic E-state index is 13.2. The summed E-state index contributed by atoms with van der Waals surface area (Å²) in [6.45, 7) is 10.5. The van der Waals surface area contributed by atoms with E-state index in [1.54, 1.807) is 0 Å². The number of anilines is 1. The van der Waals surface area contributed by atoms with E-state index in [0.717, 1.165) is 33.9 Å². The Hall–Kier alpha value is -2.55. The molecule has 5 nitrogen and oxygen atoms in total. The fourth-order valence-corrected chi connectivity index (χ4v) is 5.79. The lowest BCUT2D eigenvalue weighted by atomic mass is 9.96. The Morgan fingerprint density at radius 3 is 2.79 bits per heavy atom. The van der Waals surface area contributed by atoms with Crippen molar-refractivity contribution in [1.82, 2.24) is 9.55 Å². The first-order valence-electron chi connectivity index (χ1n) is 11.7. The van der Waals surface area contributed by atoms with Crippen LogP contribution in [0.2, 0.25) is 25.7 Å². The molecule has 0 unspecified atom stereocenters. The number of nitrogens with zero attached hydrogens (tertiary/aromatic N) is 2. The Kier molecular flexibility index (Phi) is 6.08. The van der Waals surface area contributed by atoms with Crippen molar-refractivity contribution >= 4 is 51.6 Å². The lowest BCUT2D eigenvalue weighted by molar-refractivity contribution is -0.117. The summed E-state index contributed by atoms with van der Waals surface area (Å²) in [6, 6.07) is 13.8. The minimum atomic E-state index is -1.11. The smallest absolute Gasteiger partial charge is 0.232 e. The summed E-state index contributed by atoms with van der Waals surface area (Å²) in [6.07, 6.45) is 1.39. The van der Waals surface area contributed by atoms with Crippen LogP contribution in [0.1, 0.15) is 12.0 Å². The van der Waals surface area contributed by atoms with E-state index in [-0.39, 0.29) is 5.91 Å². The van der Waals surface area contributed by atoms with Crippen LogP contribution in [-0.2, 0) is 16.3 Å². The van der Waals surface area contributed by atoms with Crippen LogP contribution in [0.5, 0.6) is 0 Å². The zero-order valence-corrected chi connectivity index (χ0v) is 21.8. The van der Waals surface area contributed by atoms with Gasteiger partial charge in [0.05, 0.1) is 21.7 Å². The van der Waals surface area contributed by atoms with Crippen molar-refractivity contribution in [3.05, 3.63) is 48.2 Å². The summed E-state index contributed by atoms with van der Waals surface area (Å²) in [4.78, 5) is 16.7. The molecule has 5 rings (SSSR count). The van der Waals surface area contributed by atoms with E-state index < -0.39 is 20.2 Å². The van der Waals surface area contributed by atoms with E-state index >= 15 is 0 Å². The number of aryl methyl sites for hydroxylation is 1. The number of hydrogen-bond acceptors (Lipinski definition) is 4. The standard InChI is InChI=1S/C26H30FN3O2SSi/c1-16-5-7-22-18(9-10-30(22)15-32-11-12-34(2,3)4)24(16)17-6-8-23-21(13-17)28-26(33-23)29-25(31)19-14-20(19)27/h5-10,13,19-20H,11-12,14-15H2,1-4H3,(H,28,29,31)/t19-,20+/m1/s1. The molecule has 34 heavy (non-hydrogen) atoms. The van der Waals surface area contributed by atoms with E-state index in [1.807, 2.05) is 6.07 Å². The zero-order valence-electron chi connectivity index (χ0n) is 20.0. The monoisotopic (exact) mass is 495 g/mol. The summed E-state index contributed by atoms with van der Waals surface area (Å²) >= 11 is 1.42. The number of amides is 1. The van der Waals surface area contributed by atoms with Crippen LogP contribution in [0.15, 0.2) is 42.6 Å². The lowest BCUT2D eigenvalue weighted by Crippen LogP contribution is -2.21. The molecule has 0 radical (unpaired) electrons. The third-order valence-electron chi connectivity index (χ3n) is 6.34. The number of fused-ring (bicyclic) bond motifs is 2. The number of benzene rings is 2. The Balaban J connectivity index is 1.40. The molecule has 1 N–H and O–H groups in total. The summed E-state index contributed by atoms with van der Waals surface area (Å²) in [7, 11) is -1.11. The maximum absolute atomic E-state index is 13.2. The van der Waals surface area contributed by atoms with Crippen molar-refractivity contribution in [2.45, 2.75) is 51.9 Å². The highest BCUT2D eigenvalue weighted by molar-refractivity contribution is 7.22. The quantitative estimate of drug-likeness (QED) is 0.215. The third-order valence-corrected chi connectivity index (χ3v) is 9.00. The molecule has 1 aliphatic carbocycles. The van der Waals surface area contributed by atoms with E-state index in [0.29, 0.717) is 18.3 Å². The first-order chi connectivity index (χ1) is 16.2. The van der Waals surface area contributed by atoms with Gasteiger partial charge >= 0.3 is 0 Å². The molecule has 2 atom stereocenters. The molecule has 1 saturated carbocycles. The van der Waals surface area contributed by atoms with Gasteiger partial charge < -0.3 is 14.6 Å². The number of carbonyl (C=O) groups is 1. The van der Waals surface area contributed by atoms with Crippen LogP contribution < -0.4 is 5.32 Å². The number of hydrogen-bond donors (Lipinski definition) is 1. The highest BCUT2D eigenvalue weighted by Crippen LogP contribution is 2.38. The molecule has 1 aliphatic rings. The minimum Gasteiger partial charge on any atom is -0.361 e. The van der Waals surface area contributed by atoms with Gasteiger partial charge in [-0.3, -0.25) is 4.79 Å². The van der Waals surface area contributed by atoms with E-state index in [2.05, 4.69) is 78.0 Å². The van der Waals surface area contributed by atoms with E-state index in [9.17, 15) is 9.18 Å². The first kappa shape index (κ1) is 23.2. The van der Waals surface area contributed by atoms with Gasteiger partial charge in [-0.15, -0.1) is 0 Å². The predicted molar refractivity (Wildman–Crippen MR) is 141 cm³/mol. The van der Waals surface area contributed by atoms with Crippen molar-refractivity contribution in [2.24, 2.45) is 5.92 Å².